The van der Waals surface area contributed by atoms with Crippen LogP contribution in [0.25, 0.3) is 0 Å². The highest BCUT2D eigenvalue weighted by Gasteiger charge is 2.24. The van der Waals surface area contributed by atoms with E-state index in [0.717, 1.165) is 12.5 Å². The molecule has 20 heavy (non-hydrogen) atoms. The van der Waals surface area contributed by atoms with Gasteiger partial charge < -0.3 is 15.7 Å². The molecule has 0 radical (unpaired) electrons. The molecule has 0 heterocycles. The zero-order chi connectivity index (χ0) is 14.7. The Labute approximate surface area is 116 Å². The molecule has 1 saturated carbocycles. The summed E-state index contributed by atoms with van der Waals surface area (Å²) in [5, 5.41) is 13.8. The van der Waals surface area contributed by atoms with Crippen molar-refractivity contribution in [1.82, 2.24) is 5.32 Å². The van der Waals surface area contributed by atoms with Crippen LogP contribution in [0.4, 0.5) is 14.9 Å². The predicted octanol–water partition coefficient (Wildman–Crippen LogP) is 2.83. The second-order valence-electron chi connectivity index (χ2n) is 5.18. The smallest absolute Gasteiger partial charge is 0.335 e. The van der Waals surface area contributed by atoms with Crippen molar-refractivity contribution >= 4 is 17.7 Å². The standard InChI is InChI=1S/C14H17FN2O3/c1-8(6-9-2-3-9)16-14(20)17-12-5-4-10(13(18)19)7-11(12)15/h4-5,7-9H,2-3,6H2,1H3,(H,18,19)(H2,16,17,20). The molecule has 1 atom stereocenters. The summed E-state index contributed by atoms with van der Waals surface area (Å²) >= 11 is 0. The number of aromatic carboxylic acids is 1. The van der Waals surface area contributed by atoms with Crippen LogP contribution in [0.3, 0.4) is 0 Å². The Bertz CT molecular complexity index is 529. The van der Waals surface area contributed by atoms with Crippen molar-refractivity contribution in [2.75, 3.05) is 5.32 Å². The van der Waals surface area contributed by atoms with Gasteiger partial charge in [0.1, 0.15) is 5.82 Å². The molecule has 2 amide bonds. The molecule has 2 rings (SSSR count). The average Bonchev–Trinajstić information content (AvgIpc) is 3.15. The molecule has 1 aliphatic rings. The maximum atomic E-state index is 13.6. The third-order valence-electron chi connectivity index (χ3n) is 3.23. The molecule has 0 aromatic heterocycles. The Kier molecular flexibility index (Phi) is 4.22. The molecule has 1 aliphatic carbocycles. The van der Waals surface area contributed by atoms with Crippen LogP contribution in [0.15, 0.2) is 18.2 Å². The molecule has 0 saturated heterocycles. The van der Waals surface area contributed by atoms with Gasteiger partial charge in [-0.1, -0.05) is 12.8 Å². The van der Waals surface area contributed by atoms with E-state index in [1.54, 1.807) is 0 Å². The number of urea groups is 1. The number of carbonyl (C=O) groups excluding carboxylic acids is 1. The normalized spacial score (nSPS) is 15.5. The third-order valence-corrected chi connectivity index (χ3v) is 3.23. The van der Waals surface area contributed by atoms with E-state index in [1.807, 2.05) is 6.92 Å². The first-order valence-electron chi connectivity index (χ1n) is 6.56. The Balaban J connectivity index is 1.91. The second kappa shape index (κ2) is 5.90. The van der Waals surface area contributed by atoms with Crippen molar-refractivity contribution in [3.05, 3.63) is 29.6 Å². The van der Waals surface area contributed by atoms with Gasteiger partial charge in [-0.05, 0) is 37.5 Å². The molecule has 1 aromatic rings. The molecular formula is C14H17FN2O3. The Morgan fingerprint density at radius 1 is 1.45 bits per heavy atom. The lowest BCUT2D eigenvalue weighted by Crippen LogP contribution is -2.36. The zero-order valence-corrected chi connectivity index (χ0v) is 11.1. The van der Waals surface area contributed by atoms with E-state index in [-0.39, 0.29) is 17.3 Å². The van der Waals surface area contributed by atoms with E-state index in [2.05, 4.69) is 10.6 Å². The Morgan fingerprint density at radius 2 is 2.15 bits per heavy atom. The summed E-state index contributed by atoms with van der Waals surface area (Å²) < 4.78 is 13.6. The van der Waals surface area contributed by atoms with Gasteiger partial charge in [0.05, 0.1) is 11.3 Å². The Morgan fingerprint density at radius 3 is 2.70 bits per heavy atom. The fourth-order valence-electron chi connectivity index (χ4n) is 2.04. The van der Waals surface area contributed by atoms with Crippen LogP contribution in [0.1, 0.15) is 36.5 Å². The summed E-state index contributed by atoms with van der Waals surface area (Å²) in [7, 11) is 0. The number of halogens is 1. The van der Waals surface area contributed by atoms with Crippen LogP contribution in [-0.2, 0) is 0 Å². The van der Waals surface area contributed by atoms with E-state index in [0.29, 0.717) is 5.92 Å². The third kappa shape index (κ3) is 3.94. The van der Waals surface area contributed by atoms with Gasteiger partial charge in [-0.25, -0.2) is 14.0 Å². The van der Waals surface area contributed by atoms with Crippen molar-refractivity contribution in [2.45, 2.75) is 32.2 Å². The lowest BCUT2D eigenvalue weighted by molar-refractivity contribution is 0.0696. The van der Waals surface area contributed by atoms with E-state index in [1.165, 1.54) is 25.0 Å². The molecular weight excluding hydrogens is 263 g/mol. The lowest BCUT2D eigenvalue weighted by Gasteiger charge is -2.14. The second-order valence-corrected chi connectivity index (χ2v) is 5.18. The molecule has 5 nitrogen and oxygen atoms in total. The van der Waals surface area contributed by atoms with Gasteiger partial charge in [-0.2, -0.15) is 0 Å². The molecule has 6 heteroatoms. The van der Waals surface area contributed by atoms with Crippen LogP contribution in [-0.4, -0.2) is 23.1 Å². The van der Waals surface area contributed by atoms with Gasteiger partial charge in [-0.3, -0.25) is 0 Å². The summed E-state index contributed by atoms with van der Waals surface area (Å²) in [6.45, 7) is 1.90. The average molecular weight is 280 g/mol. The van der Waals surface area contributed by atoms with Gasteiger partial charge in [-0.15, -0.1) is 0 Å². The van der Waals surface area contributed by atoms with Crippen molar-refractivity contribution < 1.29 is 19.1 Å². The number of rotatable bonds is 5. The van der Waals surface area contributed by atoms with Crippen molar-refractivity contribution in [2.24, 2.45) is 5.92 Å². The lowest BCUT2D eigenvalue weighted by atomic mass is 10.1. The summed E-state index contributed by atoms with van der Waals surface area (Å²) in [4.78, 5) is 22.4. The SMILES string of the molecule is CC(CC1CC1)NC(=O)Nc1ccc(C(=O)O)cc1F. The number of anilines is 1. The monoisotopic (exact) mass is 280 g/mol. The van der Waals surface area contributed by atoms with Crippen molar-refractivity contribution in [1.29, 1.82) is 0 Å². The summed E-state index contributed by atoms with van der Waals surface area (Å²) in [6.07, 6.45) is 3.34. The van der Waals surface area contributed by atoms with E-state index < -0.39 is 17.8 Å². The molecule has 1 unspecified atom stereocenters. The van der Waals surface area contributed by atoms with Crippen LogP contribution < -0.4 is 10.6 Å². The molecule has 108 valence electrons. The van der Waals surface area contributed by atoms with Crippen LogP contribution in [0.5, 0.6) is 0 Å². The molecule has 1 fully saturated rings. The van der Waals surface area contributed by atoms with Gasteiger partial charge in [0, 0.05) is 6.04 Å². The van der Waals surface area contributed by atoms with E-state index in [4.69, 9.17) is 5.11 Å². The number of carboxylic acid groups (broad SMARTS) is 1. The van der Waals surface area contributed by atoms with Crippen molar-refractivity contribution in [3.63, 3.8) is 0 Å². The first kappa shape index (κ1) is 14.3. The van der Waals surface area contributed by atoms with Crippen molar-refractivity contribution in [3.8, 4) is 0 Å². The highest BCUT2D eigenvalue weighted by atomic mass is 19.1. The topological polar surface area (TPSA) is 78.4 Å². The largest absolute Gasteiger partial charge is 0.478 e. The van der Waals surface area contributed by atoms with E-state index >= 15 is 0 Å². The molecule has 0 aliphatic heterocycles. The quantitative estimate of drug-likeness (QED) is 0.776. The minimum Gasteiger partial charge on any atom is -0.478 e. The highest BCUT2D eigenvalue weighted by molar-refractivity contribution is 5.91. The number of hydrogen-bond donors (Lipinski definition) is 3. The number of benzene rings is 1. The van der Waals surface area contributed by atoms with Gasteiger partial charge in [0.25, 0.3) is 0 Å². The van der Waals surface area contributed by atoms with Gasteiger partial charge in [0.2, 0.25) is 0 Å². The number of carboxylic acids is 1. The highest BCUT2D eigenvalue weighted by Crippen LogP contribution is 2.33. The zero-order valence-electron chi connectivity index (χ0n) is 11.1. The fourth-order valence-corrected chi connectivity index (χ4v) is 2.04. The van der Waals surface area contributed by atoms with Gasteiger partial charge in [0.15, 0.2) is 0 Å². The molecule has 0 spiro atoms. The maximum Gasteiger partial charge on any atom is 0.335 e. The van der Waals surface area contributed by atoms with Crippen LogP contribution in [0, 0.1) is 11.7 Å². The number of hydrogen-bond acceptors (Lipinski definition) is 2. The van der Waals surface area contributed by atoms with Crippen LogP contribution >= 0.6 is 0 Å². The number of nitrogens with one attached hydrogen (secondary N) is 2. The van der Waals surface area contributed by atoms with Crippen LogP contribution in [0.2, 0.25) is 0 Å². The summed E-state index contributed by atoms with van der Waals surface area (Å²) in [6, 6.07) is 2.91. The predicted molar refractivity (Wildman–Crippen MR) is 72.3 cm³/mol. The number of carbonyl (C=O) groups is 2. The fraction of sp³-hybridized carbons (Fsp3) is 0.429. The molecule has 1 aromatic carbocycles. The van der Waals surface area contributed by atoms with E-state index in [9.17, 15) is 14.0 Å². The Hall–Kier alpha value is -2.11. The summed E-state index contributed by atoms with van der Waals surface area (Å²) in [5.74, 6) is -1.29. The first-order valence-corrected chi connectivity index (χ1v) is 6.56. The minimum absolute atomic E-state index is 0.0313. The first-order chi connectivity index (χ1) is 9.45. The molecule has 3 N–H and O–H groups in total. The number of amides is 2. The minimum atomic E-state index is -1.21. The van der Waals surface area contributed by atoms with Gasteiger partial charge >= 0.3 is 12.0 Å². The maximum absolute atomic E-state index is 13.6. The molecule has 0 bridgehead atoms. The summed E-state index contributed by atoms with van der Waals surface area (Å²) in [5.41, 5.74) is -0.193.